The lowest BCUT2D eigenvalue weighted by molar-refractivity contribution is -0.160. The number of aliphatic hydroxyl groups excluding tert-OH is 1. The van der Waals surface area contributed by atoms with Gasteiger partial charge in [0.05, 0.1) is 5.41 Å². The van der Waals surface area contributed by atoms with Crippen LogP contribution in [-0.2, 0) is 9.53 Å². The van der Waals surface area contributed by atoms with Crippen LogP contribution in [0.3, 0.4) is 0 Å². The van der Waals surface area contributed by atoms with Gasteiger partial charge in [-0.1, -0.05) is 12.2 Å². The molecule has 0 aromatic rings. The van der Waals surface area contributed by atoms with Crippen LogP contribution >= 0.6 is 0 Å². The zero-order valence-corrected chi connectivity index (χ0v) is 6.82. The van der Waals surface area contributed by atoms with Crippen molar-refractivity contribution in [3.8, 4) is 0 Å². The van der Waals surface area contributed by atoms with E-state index >= 15 is 0 Å². The van der Waals surface area contributed by atoms with Crippen LogP contribution in [0.5, 0.6) is 0 Å². The maximum absolute atomic E-state index is 11.4. The summed E-state index contributed by atoms with van der Waals surface area (Å²) >= 11 is 0. The number of hydrogen-bond acceptors (Lipinski definition) is 3. The first kappa shape index (κ1) is 7.80. The average Bonchev–Trinajstić information content (AvgIpc) is 2.64. The molecule has 2 unspecified atom stereocenters. The van der Waals surface area contributed by atoms with Crippen molar-refractivity contribution in [3.63, 3.8) is 0 Å². The van der Waals surface area contributed by atoms with Crippen molar-refractivity contribution in [1.29, 1.82) is 0 Å². The summed E-state index contributed by atoms with van der Waals surface area (Å²) in [7, 11) is 0. The van der Waals surface area contributed by atoms with Crippen LogP contribution < -0.4 is 0 Å². The number of carbonyl (C=O) groups excluding carboxylic acids is 1. The van der Waals surface area contributed by atoms with E-state index in [9.17, 15) is 4.79 Å². The molecule has 66 valence electrons. The minimum absolute atomic E-state index is 0.263. The fourth-order valence-electron chi connectivity index (χ4n) is 2.21. The van der Waals surface area contributed by atoms with E-state index in [1.165, 1.54) is 0 Å². The zero-order valence-electron chi connectivity index (χ0n) is 6.82. The normalized spacial score (nSPS) is 37.2. The Morgan fingerprint density at radius 1 is 1.75 bits per heavy atom. The van der Waals surface area contributed by atoms with Gasteiger partial charge in [-0.3, -0.25) is 4.79 Å². The molecular weight excluding hydrogens is 156 g/mol. The van der Waals surface area contributed by atoms with Crippen molar-refractivity contribution >= 4 is 5.97 Å². The van der Waals surface area contributed by atoms with E-state index in [0.717, 1.165) is 19.3 Å². The first-order valence-electron chi connectivity index (χ1n) is 4.24. The summed E-state index contributed by atoms with van der Waals surface area (Å²) in [6, 6.07) is 0. The van der Waals surface area contributed by atoms with E-state index in [2.05, 4.69) is 10.8 Å². The van der Waals surface area contributed by atoms with Gasteiger partial charge in [-0.2, -0.15) is 0 Å². The minimum Gasteiger partial charge on any atom is -0.438 e. The Balaban J connectivity index is 2.12. The molecule has 0 heterocycles. The number of allylic oxidation sites excluding steroid dienone is 1. The summed E-state index contributed by atoms with van der Waals surface area (Å²) < 4.78 is 4.61. The number of aliphatic hydroxyl groups is 1. The lowest BCUT2D eigenvalue weighted by atomic mass is 9.88. The molecule has 1 fully saturated rings. The number of hydrogen-bond donors (Lipinski definition) is 1. The van der Waals surface area contributed by atoms with Crippen LogP contribution in [0.25, 0.3) is 0 Å². The first-order chi connectivity index (χ1) is 5.77. The smallest absolute Gasteiger partial charge is 0.318 e. The molecule has 12 heavy (non-hydrogen) atoms. The van der Waals surface area contributed by atoms with Gasteiger partial charge >= 0.3 is 5.97 Å². The maximum atomic E-state index is 11.4. The third-order valence-corrected chi connectivity index (χ3v) is 2.88. The van der Waals surface area contributed by atoms with Gasteiger partial charge in [0.15, 0.2) is 6.79 Å². The molecule has 0 aromatic heterocycles. The number of carbonyl (C=O) groups is 1. The molecule has 2 bridgehead atoms. The highest BCUT2D eigenvalue weighted by Gasteiger charge is 2.47. The molecule has 0 radical (unpaired) electrons. The largest absolute Gasteiger partial charge is 0.438 e. The third-order valence-electron chi connectivity index (χ3n) is 2.88. The lowest BCUT2D eigenvalue weighted by Gasteiger charge is -2.19. The van der Waals surface area contributed by atoms with Crippen molar-refractivity contribution < 1.29 is 14.6 Å². The predicted octanol–water partition coefficient (Wildman–Crippen LogP) is 0.836. The third kappa shape index (κ3) is 0.966. The highest BCUT2D eigenvalue weighted by Crippen LogP contribution is 2.49. The van der Waals surface area contributed by atoms with Crippen LogP contribution in [0.4, 0.5) is 0 Å². The standard InChI is InChI=1S/C9H12O3/c10-6-12-8(11)9-3-1-7(5-9)2-4-9/h1,3,7,10H,2,4-6H2. The average molecular weight is 168 g/mol. The lowest BCUT2D eigenvalue weighted by Crippen LogP contribution is -2.27. The number of esters is 1. The second-order valence-corrected chi connectivity index (χ2v) is 3.58. The Hall–Kier alpha value is -0.830. The van der Waals surface area contributed by atoms with Crippen LogP contribution in [-0.4, -0.2) is 17.9 Å². The van der Waals surface area contributed by atoms with Gasteiger partial charge in [-0.15, -0.1) is 0 Å². The Kier molecular flexibility index (Phi) is 1.68. The second-order valence-electron chi connectivity index (χ2n) is 3.58. The van der Waals surface area contributed by atoms with E-state index in [4.69, 9.17) is 5.11 Å². The summed E-state index contributed by atoms with van der Waals surface area (Å²) in [5.74, 6) is 0.303. The predicted molar refractivity (Wildman–Crippen MR) is 42.1 cm³/mol. The minimum atomic E-state index is -0.501. The van der Waals surface area contributed by atoms with E-state index in [1.54, 1.807) is 0 Å². The van der Waals surface area contributed by atoms with Crippen molar-refractivity contribution in [3.05, 3.63) is 12.2 Å². The Morgan fingerprint density at radius 2 is 2.58 bits per heavy atom. The zero-order chi connectivity index (χ0) is 8.60. The highest BCUT2D eigenvalue weighted by molar-refractivity contribution is 5.80. The van der Waals surface area contributed by atoms with E-state index in [1.807, 2.05) is 6.08 Å². The monoisotopic (exact) mass is 168 g/mol. The molecule has 0 saturated heterocycles. The van der Waals surface area contributed by atoms with Gasteiger partial charge in [0.1, 0.15) is 0 Å². The van der Waals surface area contributed by atoms with E-state index in [-0.39, 0.29) is 11.4 Å². The molecule has 2 atom stereocenters. The van der Waals surface area contributed by atoms with Crippen molar-refractivity contribution in [2.45, 2.75) is 19.3 Å². The Labute approximate surface area is 71.0 Å². The molecule has 1 N–H and O–H groups in total. The van der Waals surface area contributed by atoms with Gasteiger partial charge in [-0.25, -0.2) is 0 Å². The van der Waals surface area contributed by atoms with Gasteiger partial charge in [-0.05, 0) is 25.2 Å². The molecular formula is C9H12O3. The molecule has 2 aliphatic carbocycles. The molecule has 0 aliphatic heterocycles. The molecule has 0 aromatic carbocycles. The molecule has 2 rings (SSSR count). The highest BCUT2D eigenvalue weighted by atomic mass is 16.6. The first-order valence-corrected chi connectivity index (χ1v) is 4.24. The second kappa shape index (κ2) is 2.59. The Morgan fingerprint density at radius 3 is 3.00 bits per heavy atom. The summed E-state index contributed by atoms with van der Waals surface area (Å²) in [4.78, 5) is 11.4. The SMILES string of the molecule is O=C(OCO)C12C=CC(CC1)C2. The molecule has 3 heteroatoms. The van der Waals surface area contributed by atoms with Crippen LogP contribution in [0.1, 0.15) is 19.3 Å². The molecule has 0 amide bonds. The fraction of sp³-hybridized carbons (Fsp3) is 0.667. The maximum Gasteiger partial charge on any atom is 0.318 e. The van der Waals surface area contributed by atoms with Crippen LogP contribution in [0.2, 0.25) is 0 Å². The number of ether oxygens (including phenoxy) is 1. The fourth-order valence-corrected chi connectivity index (χ4v) is 2.21. The number of fused-ring (bicyclic) bond motifs is 2. The van der Waals surface area contributed by atoms with Crippen LogP contribution in [0, 0.1) is 11.3 Å². The van der Waals surface area contributed by atoms with Gasteiger partial charge in [0.2, 0.25) is 0 Å². The summed E-state index contributed by atoms with van der Waals surface area (Å²) in [6.45, 7) is -0.501. The molecule has 2 aliphatic rings. The quantitative estimate of drug-likeness (QED) is 0.377. The van der Waals surface area contributed by atoms with Crippen LogP contribution in [0.15, 0.2) is 12.2 Å². The van der Waals surface area contributed by atoms with Crippen molar-refractivity contribution in [2.75, 3.05) is 6.79 Å². The summed E-state index contributed by atoms with van der Waals surface area (Å²) in [5.41, 5.74) is -0.382. The summed E-state index contributed by atoms with van der Waals surface area (Å²) in [6.07, 6.45) is 6.87. The van der Waals surface area contributed by atoms with Gasteiger partial charge in [0.25, 0.3) is 0 Å². The van der Waals surface area contributed by atoms with Crippen molar-refractivity contribution in [2.24, 2.45) is 11.3 Å². The van der Waals surface area contributed by atoms with E-state index in [0.29, 0.717) is 5.92 Å². The molecule has 0 spiro atoms. The summed E-state index contributed by atoms with van der Waals surface area (Å²) in [5, 5.41) is 8.45. The van der Waals surface area contributed by atoms with Crippen molar-refractivity contribution in [1.82, 2.24) is 0 Å². The van der Waals surface area contributed by atoms with Gasteiger partial charge < -0.3 is 9.84 Å². The van der Waals surface area contributed by atoms with Gasteiger partial charge in [0, 0.05) is 0 Å². The van der Waals surface area contributed by atoms with E-state index < -0.39 is 6.79 Å². The topological polar surface area (TPSA) is 46.5 Å². The Bertz CT molecular complexity index is 234. The number of rotatable bonds is 2. The molecule has 3 nitrogen and oxygen atoms in total. The molecule has 1 saturated carbocycles.